The average Bonchev–Trinajstić information content (AvgIpc) is 2.79. The second-order valence-corrected chi connectivity index (χ2v) is 13.4. The van der Waals surface area contributed by atoms with Crippen molar-refractivity contribution in [2.45, 2.75) is 38.3 Å². The Balaban J connectivity index is 2.32. The van der Waals surface area contributed by atoms with Crippen molar-refractivity contribution in [3.63, 3.8) is 0 Å². The lowest BCUT2D eigenvalue weighted by Gasteiger charge is -2.16. The van der Waals surface area contributed by atoms with Gasteiger partial charge in [0.1, 0.15) is 6.73 Å². The van der Waals surface area contributed by atoms with Crippen LogP contribution in [-0.4, -0.2) is 23.8 Å². The van der Waals surface area contributed by atoms with Gasteiger partial charge in [-0.2, -0.15) is 0 Å². The van der Waals surface area contributed by atoms with Crippen molar-refractivity contribution in [1.29, 1.82) is 0 Å². The van der Waals surface area contributed by atoms with Gasteiger partial charge in [-0.05, 0) is 28.0 Å². The number of hydrogen-bond donors (Lipinski definition) is 0. The summed E-state index contributed by atoms with van der Waals surface area (Å²) in [6.45, 7) is 8.13. The molecule has 4 nitrogen and oxygen atoms in total. The molecule has 0 aliphatic heterocycles. The molecule has 0 bridgehead atoms. The summed E-state index contributed by atoms with van der Waals surface area (Å²) in [6, 6.07) is 2.97. The molecule has 0 N–H and O–H groups in total. The lowest BCUT2D eigenvalue weighted by molar-refractivity contribution is 0.0888. The SMILES string of the molecule is Cn1cc(Br)c2c(cc(CCl)n2COCC[Si](C)(C)C)c1=O. The molecule has 0 spiro atoms. The second-order valence-electron chi connectivity index (χ2n) is 6.70. The van der Waals surface area contributed by atoms with Crippen LogP contribution < -0.4 is 5.56 Å². The first-order valence-electron chi connectivity index (χ1n) is 7.25. The summed E-state index contributed by atoms with van der Waals surface area (Å²) in [5.41, 5.74) is 1.73. The molecular weight excluding hydrogens is 384 g/mol. The van der Waals surface area contributed by atoms with Gasteiger partial charge in [-0.25, -0.2) is 0 Å². The molecule has 7 heteroatoms. The summed E-state index contributed by atoms with van der Waals surface area (Å²) in [6.07, 6.45) is 1.78. The Bertz CT molecular complexity index is 734. The third-order valence-electron chi connectivity index (χ3n) is 3.62. The molecule has 22 heavy (non-hydrogen) atoms. The van der Waals surface area contributed by atoms with Gasteiger partial charge in [-0.1, -0.05) is 19.6 Å². The Morgan fingerprint density at radius 2 is 2.05 bits per heavy atom. The quantitative estimate of drug-likeness (QED) is 0.411. The van der Waals surface area contributed by atoms with E-state index in [2.05, 4.69) is 35.6 Å². The van der Waals surface area contributed by atoms with E-state index < -0.39 is 8.07 Å². The summed E-state index contributed by atoms with van der Waals surface area (Å²) in [4.78, 5) is 12.3. The minimum absolute atomic E-state index is 0.0228. The van der Waals surface area contributed by atoms with Gasteiger partial charge in [0.2, 0.25) is 0 Å². The number of rotatable bonds is 6. The molecule has 0 aliphatic rings. The molecule has 0 amide bonds. The van der Waals surface area contributed by atoms with E-state index in [1.807, 2.05) is 10.6 Å². The molecule has 122 valence electrons. The third-order valence-corrected chi connectivity index (χ3v) is 6.18. The molecule has 0 aliphatic carbocycles. The van der Waals surface area contributed by atoms with Crippen LogP contribution in [0.1, 0.15) is 5.69 Å². The Morgan fingerprint density at radius 1 is 1.36 bits per heavy atom. The molecule has 2 aromatic heterocycles. The molecule has 0 atom stereocenters. The van der Waals surface area contributed by atoms with E-state index in [9.17, 15) is 4.79 Å². The number of halogens is 2. The van der Waals surface area contributed by atoms with Crippen LogP contribution in [0, 0.1) is 0 Å². The van der Waals surface area contributed by atoms with Crippen LogP contribution in [0.3, 0.4) is 0 Å². The number of nitrogens with zero attached hydrogens (tertiary/aromatic N) is 2. The summed E-state index contributed by atoms with van der Waals surface area (Å²) in [5.74, 6) is 0.349. The Morgan fingerprint density at radius 3 is 2.64 bits per heavy atom. The summed E-state index contributed by atoms with van der Waals surface area (Å²) >= 11 is 9.58. The number of hydrogen-bond acceptors (Lipinski definition) is 2. The zero-order valence-corrected chi connectivity index (χ0v) is 16.8. The molecule has 2 heterocycles. The van der Waals surface area contributed by atoms with E-state index in [-0.39, 0.29) is 5.56 Å². The van der Waals surface area contributed by atoms with Gasteiger partial charge in [0.25, 0.3) is 5.56 Å². The molecular formula is C15H22BrClN2O2Si. The van der Waals surface area contributed by atoms with Gasteiger partial charge in [0, 0.05) is 33.6 Å². The fourth-order valence-electron chi connectivity index (χ4n) is 2.29. The molecule has 0 saturated heterocycles. The lowest BCUT2D eigenvalue weighted by atomic mass is 10.3. The van der Waals surface area contributed by atoms with Crippen molar-refractivity contribution in [1.82, 2.24) is 9.13 Å². The highest BCUT2D eigenvalue weighted by atomic mass is 79.9. The minimum atomic E-state index is -1.11. The monoisotopic (exact) mass is 404 g/mol. The predicted molar refractivity (Wildman–Crippen MR) is 98.5 cm³/mol. The second kappa shape index (κ2) is 6.91. The smallest absolute Gasteiger partial charge is 0.259 e. The zero-order valence-electron chi connectivity index (χ0n) is 13.4. The van der Waals surface area contributed by atoms with E-state index in [1.54, 1.807) is 17.8 Å². The van der Waals surface area contributed by atoms with Crippen molar-refractivity contribution in [3.05, 3.63) is 32.8 Å². The number of alkyl halides is 1. The van der Waals surface area contributed by atoms with E-state index in [0.717, 1.165) is 28.3 Å². The summed E-state index contributed by atoms with van der Waals surface area (Å²) in [7, 11) is 0.640. The van der Waals surface area contributed by atoms with Crippen molar-refractivity contribution >= 4 is 46.5 Å². The van der Waals surface area contributed by atoms with Crippen molar-refractivity contribution in [2.75, 3.05) is 6.61 Å². The Labute approximate surface area is 145 Å². The first kappa shape index (κ1) is 17.8. The highest BCUT2D eigenvalue weighted by molar-refractivity contribution is 9.10. The fourth-order valence-corrected chi connectivity index (χ4v) is 4.01. The van der Waals surface area contributed by atoms with Crippen LogP contribution >= 0.6 is 27.5 Å². The molecule has 2 aromatic rings. The lowest BCUT2D eigenvalue weighted by Crippen LogP contribution is -2.22. The van der Waals surface area contributed by atoms with E-state index in [4.69, 9.17) is 16.3 Å². The molecule has 0 saturated carbocycles. The highest BCUT2D eigenvalue weighted by Crippen LogP contribution is 2.26. The first-order valence-corrected chi connectivity index (χ1v) is 12.3. The number of aryl methyl sites for hydroxylation is 1. The molecule has 2 rings (SSSR count). The van der Waals surface area contributed by atoms with Crippen LogP contribution in [0.15, 0.2) is 21.5 Å². The maximum absolute atomic E-state index is 12.3. The fraction of sp³-hybridized carbons (Fsp3) is 0.533. The predicted octanol–water partition coefficient (Wildman–Crippen LogP) is 4.15. The van der Waals surface area contributed by atoms with Crippen molar-refractivity contribution < 1.29 is 4.74 Å². The third kappa shape index (κ3) is 3.85. The van der Waals surface area contributed by atoms with Crippen LogP contribution in [0.25, 0.3) is 10.9 Å². The molecule has 0 radical (unpaired) electrons. The van der Waals surface area contributed by atoms with Crippen LogP contribution in [-0.2, 0) is 24.4 Å². The van der Waals surface area contributed by atoms with Gasteiger partial charge in [0.05, 0.1) is 21.3 Å². The standard InChI is InChI=1S/C15H22BrClN2O2Si/c1-18-9-13(16)14-12(15(18)20)7-11(8-17)19(14)10-21-5-6-22(2,3)4/h7,9H,5-6,8,10H2,1-4H3. The number of ether oxygens (including phenoxy) is 1. The van der Waals surface area contributed by atoms with Crippen LogP contribution in [0.5, 0.6) is 0 Å². The molecule has 0 fully saturated rings. The van der Waals surface area contributed by atoms with E-state index >= 15 is 0 Å². The first-order chi connectivity index (χ1) is 10.2. The number of pyridine rings is 1. The molecule has 0 aromatic carbocycles. The van der Waals surface area contributed by atoms with Gasteiger partial charge in [0.15, 0.2) is 0 Å². The topological polar surface area (TPSA) is 36.2 Å². The minimum Gasteiger partial charge on any atom is -0.361 e. The normalized spacial score (nSPS) is 12.3. The van der Waals surface area contributed by atoms with Gasteiger partial charge >= 0.3 is 0 Å². The maximum atomic E-state index is 12.3. The Kier molecular flexibility index (Phi) is 5.58. The van der Waals surface area contributed by atoms with Gasteiger partial charge in [-0.3, -0.25) is 4.79 Å². The summed E-state index contributed by atoms with van der Waals surface area (Å²) in [5, 5.41) is 0.668. The van der Waals surface area contributed by atoms with Crippen LogP contribution in [0.2, 0.25) is 25.7 Å². The van der Waals surface area contributed by atoms with Gasteiger partial charge in [-0.15, -0.1) is 11.6 Å². The summed E-state index contributed by atoms with van der Waals surface area (Å²) < 4.78 is 10.3. The number of aromatic nitrogens is 2. The maximum Gasteiger partial charge on any atom is 0.259 e. The number of fused-ring (bicyclic) bond motifs is 1. The van der Waals surface area contributed by atoms with Crippen molar-refractivity contribution in [2.24, 2.45) is 7.05 Å². The zero-order chi connectivity index (χ0) is 16.5. The van der Waals surface area contributed by atoms with Crippen molar-refractivity contribution in [3.8, 4) is 0 Å². The van der Waals surface area contributed by atoms with Gasteiger partial charge < -0.3 is 13.9 Å². The van der Waals surface area contributed by atoms with E-state index in [1.165, 1.54) is 0 Å². The highest BCUT2D eigenvalue weighted by Gasteiger charge is 2.16. The average molecular weight is 406 g/mol. The van der Waals surface area contributed by atoms with E-state index in [0.29, 0.717) is 18.0 Å². The largest absolute Gasteiger partial charge is 0.361 e. The van der Waals surface area contributed by atoms with Crippen LogP contribution in [0.4, 0.5) is 0 Å². The Hall–Kier alpha value is -0.563. The molecule has 0 unspecified atom stereocenters.